The van der Waals surface area contributed by atoms with Crippen molar-refractivity contribution in [1.29, 1.82) is 0 Å². The van der Waals surface area contributed by atoms with Crippen LogP contribution in [0.2, 0.25) is 0 Å². The second kappa shape index (κ2) is 10.3. The van der Waals surface area contributed by atoms with Crippen molar-refractivity contribution in [2.24, 2.45) is 16.7 Å². The van der Waals surface area contributed by atoms with Gasteiger partial charge in [-0.15, -0.1) is 0 Å². The van der Waals surface area contributed by atoms with Crippen LogP contribution in [0.3, 0.4) is 0 Å². The first-order valence-corrected chi connectivity index (χ1v) is 13.9. The van der Waals surface area contributed by atoms with Crippen LogP contribution in [0, 0.1) is 23.7 Å². The quantitative estimate of drug-likeness (QED) is 0.325. The van der Waals surface area contributed by atoms with E-state index in [-0.39, 0.29) is 41.6 Å². The van der Waals surface area contributed by atoms with Gasteiger partial charge in [0.25, 0.3) is 0 Å². The molecule has 38 heavy (non-hydrogen) atoms. The summed E-state index contributed by atoms with van der Waals surface area (Å²) in [6, 6.07) is 22.9. The number of hydrogen-bond donors (Lipinski definition) is 2. The molecule has 0 saturated heterocycles. The third-order valence-electron chi connectivity index (χ3n) is 9.72. The Balaban J connectivity index is 1.30. The van der Waals surface area contributed by atoms with E-state index in [4.69, 9.17) is 4.74 Å². The van der Waals surface area contributed by atoms with Gasteiger partial charge in [0.1, 0.15) is 6.10 Å². The average molecular weight is 513 g/mol. The molecule has 2 saturated carbocycles. The van der Waals surface area contributed by atoms with E-state index in [9.17, 15) is 15.0 Å². The maximum atomic E-state index is 13.2. The van der Waals surface area contributed by atoms with Gasteiger partial charge in [-0.3, -0.25) is 4.79 Å². The first-order valence-electron chi connectivity index (χ1n) is 13.9. The summed E-state index contributed by atoms with van der Waals surface area (Å²) in [5.41, 5.74) is 3.43. The van der Waals surface area contributed by atoms with Gasteiger partial charge in [0.15, 0.2) is 0 Å². The molecule has 0 radical (unpaired) electrons. The van der Waals surface area contributed by atoms with E-state index in [2.05, 4.69) is 63.2 Å². The minimum absolute atomic E-state index is 0.00230. The van der Waals surface area contributed by atoms with Crippen molar-refractivity contribution in [3.63, 3.8) is 0 Å². The van der Waals surface area contributed by atoms with Gasteiger partial charge in [-0.05, 0) is 52.5 Å². The third-order valence-corrected chi connectivity index (χ3v) is 9.72. The number of esters is 1. The summed E-state index contributed by atoms with van der Waals surface area (Å²) < 4.78 is 6.26. The first-order chi connectivity index (χ1) is 18.1. The van der Waals surface area contributed by atoms with E-state index in [1.54, 1.807) is 6.08 Å². The Labute approximate surface area is 226 Å². The van der Waals surface area contributed by atoms with E-state index >= 15 is 0 Å². The van der Waals surface area contributed by atoms with Crippen molar-refractivity contribution < 1.29 is 19.7 Å². The molecule has 0 amide bonds. The molecule has 3 unspecified atom stereocenters. The summed E-state index contributed by atoms with van der Waals surface area (Å²) in [7, 11) is 0. The van der Waals surface area contributed by atoms with E-state index in [0.29, 0.717) is 0 Å². The normalized spacial score (nSPS) is 27.6. The highest BCUT2D eigenvalue weighted by atomic mass is 16.5. The lowest BCUT2D eigenvalue weighted by atomic mass is 9.64. The second-order valence-corrected chi connectivity index (χ2v) is 12.2. The molecule has 3 aromatic rings. The van der Waals surface area contributed by atoms with E-state index in [1.807, 2.05) is 37.3 Å². The molecule has 2 fully saturated rings. The maximum Gasteiger partial charge on any atom is 0.308 e. The maximum absolute atomic E-state index is 13.2. The molecule has 0 spiro atoms. The van der Waals surface area contributed by atoms with Gasteiger partial charge in [-0.2, -0.15) is 0 Å². The van der Waals surface area contributed by atoms with Crippen molar-refractivity contribution in [3.05, 3.63) is 89.5 Å². The van der Waals surface area contributed by atoms with Crippen LogP contribution >= 0.6 is 0 Å². The first kappa shape index (κ1) is 26.6. The summed E-state index contributed by atoms with van der Waals surface area (Å²) in [4.78, 5) is 13.2. The summed E-state index contributed by atoms with van der Waals surface area (Å²) in [5.74, 6) is -0.0403. The van der Waals surface area contributed by atoms with Crippen molar-refractivity contribution in [2.45, 2.75) is 77.6 Å². The molecule has 3 aromatic carbocycles. The van der Waals surface area contributed by atoms with Gasteiger partial charge in [-0.1, -0.05) is 105 Å². The number of aliphatic hydroxyl groups excluding tert-OH is 2. The monoisotopic (exact) mass is 512 g/mol. The van der Waals surface area contributed by atoms with Crippen LogP contribution in [0.15, 0.2) is 72.8 Å². The lowest BCUT2D eigenvalue weighted by Crippen LogP contribution is -2.36. The standard InChI is InChI=1S/C34H40O4/c1-22-12-14-23(15-13-22)16-17-25(35)20-26(36)21-30(37)38-32-29-18-19-34(4,33(29,2)3)31(32)28-11-7-9-24-8-5-6-10-27(24)28/h5-17,25-26,29,31-32,35-36H,18-21H2,1-4H3/t25-,26-,29?,31?,32?,34+/m0/s1. The fourth-order valence-electron chi connectivity index (χ4n) is 7.21. The van der Waals surface area contributed by atoms with Crippen molar-refractivity contribution in [3.8, 4) is 0 Å². The molecule has 5 rings (SSSR count). The number of fused-ring (bicyclic) bond motifs is 3. The SMILES string of the molecule is Cc1ccc(C=C[C@H](O)C[C@H](O)CC(=O)OC2C3CC[C@](C)(C2c2cccc4ccccc24)C3(C)C)cc1. The number of aryl methyl sites for hydroxylation is 1. The van der Waals surface area contributed by atoms with Gasteiger partial charge in [-0.25, -0.2) is 0 Å². The highest BCUT2D eigenvalue weighted by Crippen LogP contribution is 2.72. The van der Waals surface area contributed by atoms with Gasteiger partial charge in [0.2, 0.25) is 0 Å². The summed E-state index contributed by atoms with van der Waals surface area (Å²) >= 11 is 0. The molecular weight excluding hydrogens is 472 g/mol. The van der Waals surface area contributed by atoms with Crippen molar-refractivity contribution in [1.82, 2.24) is 0 Å². The summed E-state index contributed by atoms with van der Waals surface area (Å²) in [6.07, 6.45) is 3.54. The molecule has 2 N–H and O–H groups in total. The molecule has 200 valence electrons. The fourth-order valence-corrected chi connectivity index (χ4v) is 7.21. The second-order valence-electron chi connectivity index (χ2n) is 12.2. The van der Waals surface area contributed by atoms with Gasteiger partial charge in [0, 0.05) is 18.3 Å². The number of benzene rings is 3. The fraction of sp³-hybridized carbons (Fsp3) is 0.441. The molecule has 0 aromatic heterocycles. The van der Waals surface area contributed by atoms with E-state index < -0.39 is 18.2 Å². The Kier molecular flexibility index (Phi) is 7.23. The number of carbonyl (C=O) groups is 1. The number of rotatable bonds is 8. The molecule has 4 heteroatoms. The molecule has 2 bridgehead atoms. The smallest absolute Gasteiger partial charge is 0.308 e. The lowest BCUT2D eigenvalue weighted by molar-refractivity contribution is -0.156. The molecule has 2 aliphatic rings. The van der Waals surface area contributed by atoms with Gasteiger partial charge >= 0.3 is 5.97 Å². The Morgan fingerprint density at radius 2 is 1.74 bits per heavy atom. The van der Waals surface area contributed by atoms with Crippen LogP contribution in [0.25, 0.3) is 16.8 Å². The molecular formula is C34H40O4. The number of carbonyl (C=O) groups excluding carboxylic acids is 1. The van der Waals surface area contributed by atoms with Crippen LogP contribution in [0.5, 0.6) is 0 Å². The van der Waals surface area contributed by atoms with Gasteiger partial charge in [0.05, 0.1) is 18.6 Å². The van der Waals surface area contributed by atoms with Gasteiger partial charge < -0.3 is 14.9 Å². The van der Waals surface area contributed by atoms with Crippen LogP contribution in [0.1, 0.15) is 69.1 Å². The average Bonchev–Trinajstić information content (AvgIpc) is 3.20. The Morgan fingerprint density at radius 1 is 1.03 bits per heavy atom. The molecule has 6 atom stereocenters. The molecule has 0 heterocycles. The number of ether oxygens (including phenoxy) is 1. The predicted octanol–water partition coefficient (Wildman–Crippen LogP) is 6.82. The largest absolute Gasteiger partial charge is 0.461 e. The van der Waals surface area contributed by atoms with Crippen molar-refractivity contribution >= 4 is 22.8 Å². The Hall–Kier alpha value is -2.95. The van der Waals surface area contributed by atoms with Crippen molar-refractivity contribution in [2.75, 3.05) is 0 Å². The zero-order valence-electron chi connectivity index (χ0n) is 22.9. The van der Waals surface area contributed by atoms with Crippen LogP contribution < -0.4 is 0 Å². The lowest BCUT2D eigenvalue weighted by Gasteiger charge is -2.40. The van der Waals surface area contributed by atoms with Crippen LogP contribution in [-0.4, -0.2) is 34.5 Å². The molecule has 2 aliphatic carbocycles. The summed E-state index contributed by atoms with van der Waals surface area (Å²) in [6.45, 7) is 9.03. The summed E-state index contributed by atoms with van der Waals surface area (Å²) in [5, 5.41) is 23.4. The topological polar surface area (TPSA) is 66.8 Å². The van der Waals surface area contributed by atoms with E-state index in [1.165, 1.54) is 21.9 Å². The van der Waals surface area contributed by atoms with Crippen LogP contribution in [0.4, 0.5) is 0 Å². The third kappa shape index (κ3) is 4.81. The number of hydrogen-bond acceptors (Lipinski definition) is 4. The predicted molar refractivity (Wildman–Crippen MR) is 153 cm³/mol. The molecule has 4 nitrogen and oxygen atoms in total. The highest BCUT2D eigenvalue weighted by Gasteiger charge is 2.67. The molecule has 0 aliphatic heterocycles. The Morgan fingerprint density at radius 3 is 2.50 bits per heavy atom. The van der Waals surface area contributed by atoms with E-state index in [0.717, 1.165) is 18.4 Å². The zero-order valence-corrected chi connectivity index (χ0v) is 22.9. The minimum Gasteiger partial charge on any atom is -0.461 e. The van der Waals surface area contributed by atoms with Crippen LogP contribution in [-0.2, 0) is 9.53 Å². The minimum atomic E-state index is -0.974. The Bertz CT molecular complexity index is 1320. The number of aliphatic hydroxyl groups is 2. The highest BCUT2D eigenvalue weighted by molar-refractivity contribution is 5.86. The zero-order chi connectivity index (χ0) is 27.1.